The molecule has 1 aliphatic rings. The number of carbonyl (C=O) groups is 2. The second kappa shape index (κ2) is 7.61. The van der Waals surface area contributed by atoms with Gasteiger partial charge >= 0.3 is 0 Å². The van der Waals surface area contributed by atoms with Gasteiger partial charge < -0.3 is 10.6 Å². The third-order valence-electron chi connectivity index (χ3n) is 5.08. The summed E-state index contributed by atoms with van der Waals surface area (Å²) in [5.41, 5.74) is 1.31. The Bertz CT molecular complexity index is 1210. The molecule has 3 aromatic rings. The lowest BCUT2D eigenvalue weighted by molar-refractivity contribution is 0.0963. The number of fused-ring (bicyclic) bond motifs is 2. The molecule has 0 saturated heterocycles. The van der Waals surface area contributed by atoms with Crippen molar-refractivity contribution in [3.05, 3.63) is 55.1 Å². The molecule has 7 nitrogen and oxygen atoms in total. The van der Waals surface area contributed by atoms with E-state index in [1.54, 1.807) is 26.2 Å². The van der Waals surface area contributed by atoms with Gasteiger partial charge in [-0.3, -0.25) is 19.1 Å². The molecule has 0 bridgehead atoms. The highest BCUT2D eigenvalue weighted by Crippen LogP contribution is 2.38. The van der Waals surface area contributed by atoms with Crippen LogP contribution in [-0.2, 0) is 19.9 Å². The summed E-state index contributed by atoms with van der Waals surface area (Å²) >= 11 is 7.42. The quantitative estimate of drug-likeness (QED) is 0.667. The lowest BCUT2D eigenvalue weighted by Crippen LogP contribution is -2.27. The lowest BCUT2D eigenvalue weighted by atomic mass is 9.95. The van der Waals surface area contributed by atoms with E-state index in [4.69, 9.17) is 11.6 Å². The van der Waals surface area contributed by atoms with Crippen molar-refractivity contribution < 1.29 is 9.59 Å². The summed E-state index contributed by atoms with van der Waals surface area (Å²) in [5, 5.41) is 10.7. The van der Waals surface area contributed by atoms with Crippen LogP contribution in [0.3, 0.4) is 0 Å². The van der Waals surface area contributed by atoms with E-state index in [9.17, 15) is 14.4 Å². The van der Waals surface area contributed by atoms with E-state index in [0.717, 1.165) is 36.1 Å². The molecule has 9 heteroatoms. The zero-order valence-electron chi connectivity index (χ0n) is 16.0. The number of hydrogen-bond acceptors (Lipinski definition) is 5. The molecule has 29 heavy (non-hydrogen) atoms. The van der Waals surface area contributed by atoms with E-state index in [1.807, 2.05) is 0 Å². The second-order valence-electron chi connectivity index (χ2n) is 6.91. The number of carbonyl (C=O) groups excluding carboxylic acids is 2. The maximum absolute atomic E-state index is 12.9. The van der Waals surface area contributed by atoms with Crippen molar-refractivity contribution in [1.82, 2.24) is 15.1 Å². The Morgan fingerprint density at radius 2 is 1.97 bits per heavy atom. The van der Waals surface area contributed by atoms with Crippen molar-refractivity contribution in [3.8, 4) is 0 Å². The van der Waals surface area contributed by atoms with Gasteiger partial charge in [-0.05, 0) is 49.4 Å². The average molecular weight is 431 g/mol. The van der Waals surface area contributed by atoms with Crippen molar-refractivity contribution in [1.29, 1.82) is 0 Å². The highest BCUT2D eigenvalue weighted by Gasteiger charge is 2.27. The fourth-order valence-corrected chi connectivity index (χ4v) is 5.13. The summed E-state index contributed by atoms with van der Waals surface area (Å²) in [6.45, 7) is 0. The zero-order valence-corrected chi connectivity index (χ0v) is 17.5. The molecule has 1 aromatic carbocycles. The van der Waals surface area contributed by atoms with Gasteiger partial charge in [-0.1, -0.05) is 11.6 Å². The Morgan fingerprint density at radius 3 is 2.72 bits per heavy atom. The first-order chi connectivity index (χ1) is 13.9. The van der Waals surface area contributed by atoms with Gasteiger partial charge in [0.25, 0.3) is 11.8 Å². The third-order valence-corrected chi connectivity index (χ3v) is 6.53. The van der Waals surface area contributed by atoms with E-state index < -0.39 is 11.3 Å². The number of rotatable bonds is 3. The highest BCUT2D eigenvalue weighted by molar-refractivity contribution is 7.17. The smallest absolute Gasteiger partial charge is 0.280 e. The number of aryl methyl sites for hydroxylation is 2. The van der Waals surface area contributed by atoms with Gasteiger partial charge in [-0.2, -0.15) is 5.10 Å². The summed E-state index contributed by atoms with van der Waals surface area (Å²) in [7, 11) is 3.22. The number of aromatic nitrogens is 2. The molecule has 0 unspecified atom stereocenters. The number of nitrogens with zero attached hydrogens (tertiary/aromatic N) is 2. The van der Waals surface area contributed by atoms with Crippen LogP contribution in [0.25, 0.3) is 10.9 Å². The first-order valence-corrected chi connectivity index (χ1v) is 10.4. The summed E-state index contributed by atoms with van der Waals surface area (Å²) in [6, 6.07) is 4.87. The van der Waals surface area contributed by atoms with Crippen LogP contribution in [0.1, 0.15) is 44.1 Å². The third kappa shape index (κ3) is 3.42. The van der Waals surface area contributed by atoms with Crippen LogP contribution in [0.5, 0.6) is 0 Å². The molecule has 0 atom stereocenters. The molecule has 1 aliphatic carbocycles. The molecule has 2 heterocycles. The van der Waals surface area contributed by atoms with Gasteiger partial charge in [0.15, 0.2) is 5.69 Å². The van der Waals surface area contributed by atoms with Gasteiger partial charge in [0.2, 0.25) is 5.43 Å². The minimum atomic E-state index is -0.642. The maximum Gasteiger partial charge on any atom is 0.280 e. The molecular formula is C20H19ClN4O3S. The topological polar surface area (TPSA) is 93.1 Å². The van der Waals surface area contributed by atoms with Crippen LogP contribution in [0.2, 0.25) is 5.02 Å². The lowest BCUT2D eigenvalue weighted by Gasteiger charge is -2.12. The summed E-state index contributed by atoms with van der Waals surface area (Å²) in [6.07, 6.45) is 3.75. The molecule has 2 aromatic heterocycles. The summed E-state index contributed by atoms with van der Waals surface area (Å²) in [4.78, 5) is 39.4. The zero-order chi connectivity index (χ0) is 20.7. The van der Waals surface area contributed by atoms with Crippen molar-refractivity contribution in [2.24, 2.45) is 7.05 Å². The SMILES string of the molecule is CNC(=O)c1c(NC(=O)c2nn(C)c3ccc(Cl)cc3c2=O)sc2c1CCCC2. The Labute approximate surface area is 175 Å². The fraction of sp³-hybridized carbons (Fsp3) is 0.300. The molecule has 0 saturated carbocycles. The number of nitrogens with one attached hydrogen (secondary N) is 2. The average Bonchev–Trinajstić information content (AvgIpc) is 3.07. The Kier molecular flexibility index (Phi) is 5.14. The monoisotopic (exact) mass is 430 g/mol. The molecule has 2 amide bonds. The predicted molar refractivity (Wildman–Crippen MR) is 114 cm³/mol. The molecule has 2 N–H and O–H groups in total. The van der Waals surface area contributed by atoms with Crippen LogP contribution < -0.4 is 16.1 Å². The fourth-order valence-electron chi connectivity index (χ4n) is 3.68. The number of anilines is 1. The normalized spacial score (nSPS) is 13.2. The highest BCUT2D eigenvalue weighted by atomic mass is 35.5. The van der Waals surface area contributed by atoms with E-state index in [0.29, 0.717) is 26.5 Å². The second-order valence-corrected chi connectivity index (χ2v) is 8.45. The van der Waals surface area contributed by atoms with E-state index >= 15 is 0 Å². The van der Waals surface area contributed by atoms with Crippen molar-refractivity contribution in [2.45, 2.75) is 25.7 Å². The van der Waals surface area contributed by atoms with Crippen LogP contribution >= 0.6 is 22.9 Å². The number of halogens is 1. The number of benzene rings is 1. The van der Waals surface area contributed by atoms with Gasteiger partial charge in [-0.25, -0.2) is 0 Å². The van der Waals surface area contributed by atoms with Crippen molar-refractivity contribution in [3.63, 3.8) is 0 Å². The van der Waals surface area contributed by atoms with E-state index in [1.165, 1.54) is 22.1 Å². The molecule has 0 radical (unpaired) electrons. The minimum absolute atomic E-state index is 0.239. The van der Waals surface area contributed by atoms with E-state index in [2.05, 4.69) is 15.7 Å². The maximum atomic E-state index is 12.9. The Balaban J connectivity index is 1.78. The molecule has 150 valence electrons. The number of thiophene rings is 1. The van der Waals surface area contributed by atoms with Crippen LogP contribution in [0.4, 0.5) is 5.00 Å². The molecule has 0 spiro atoms. The Morgan fingerprint density at radius 1 is 1.21 bits per heavy atom. The number of hydrogen-bond donors (Lipinski definition) is 2. The molecule has 0 aliphatic heterocycles. The Hall–Kier alpha value is -2.71. The van der Waals surface area contributed by atoms with Gasteiger partial charge in [0.05, 0.1) is 16.5 Å². The standard InChI is InChI=1S/C20H19ClN4O3S/c1-22-18(27)15-11-5-3-4-6-14(11)29-20(15)23-19(28)16-17(26)12-9-10(21)7-8-13(12)25(2)24-16/h7-9H,3-6H2,1-2H3,(H,22,27)(H,23,28). The van der Waals surface area contributed by atoms with Gasteiger partial charge in [0, 0.05) is 24.0 Å². The van der Waals surface area contributed by atoms with Crippen LogP contribution in [0, 0.1) is 0 Å². The molecule has 0 fully saturated rings. The summed E-state index contributed by atoms with van der Waals surface area (Å²) < 4.78 is 1.47. The van der Waals surface area contributed by atoms with Crippen molar-refractivity contribution >= 4 is 50.7 Å². The molecular weight excluding hydrogens is 412 g/mol. The van der Waals surface area contributed by atoms with Crippen LogP contribution in [0.15, 0.2) is 23.0 Å². The predicted octanol–water partition coefficient (Wildman–Crippen LogP) is 3.14. The molecule has 4 rings (SSSR count). The van der Waals surface area contributed by atoms with E-state index in [-0.39, 0.29) is 11.6 Å². The van der Waals surface area contributed by atoms with Crippen LogP contribution in [-0.4, -0.2) is 28.6 Å². The van der Waals surface area contributed by atoms with Gasteiger partial charge in [0.1, 0.15) is 5.00 Å². The largest absolute Gasteiger partial charge is 0.355 e. The minimum Gasteiger partial charge on any atom is -0.355 e. The summed E-state index contributed by atoms with van der Waals surface area (Å²) in [5.74, 6) is -0.887. The number of amides is 2. The van der Waals surface area contributed by atoms with Gasteiger partial charge in [-0.15, -0.1) is 11.3 Å². The first kappa shape index (κ1) is 19.6. The van der Waals surface area contributed by atoms with Crippen molar-refractivity contribution in [2.75, 3.05) is 12.4 Å². The first-order valence-electron chi connectivity index (χ1n) is 9.25.